The van der Waals surface area contributed by atoms with Crippen LogP contribution >= 0.6 is 0 Å². The summed E-state index contributed by atoms with van der Waals surface area (Å²) in [5.74, 6) is 0.659. The minimum absolute atomic E-state index is 0.0705. The Balaban J connectivity index is 1.88. The third-order valence-electron chi connectivity index (χ3n) is 3.43. The van der Waals surface area contributed by atoms with Gasteiger partial charge in [0.15, 0.2) is 5.78 Å². The van der Waals surface area contributed by atoms with Crippen LogP contribution in [0.25, 0.3) is 6.08 Å². The molecule has 1 aromatic carbocycles. The van der Waals surface area contributed by atoms with Gasteiger partial charge in [0.2, 0.25) is 0 Å². The fourth-order valence-electron chi connectivity index (χ4n) is 2.51. The van der Waals surface area contributed by atoms with Crippen LogP contribution in [-0.4, -0.2) is 18.9 Å². The molecule has 1 saturated heterocycles. The lowest BCUT2D eigenvalue weighted by Gasteiger charge is -2.03. The zero-order chi connectivity index (χ0) is 13.2. The van der Waals surface area contributed by atoms with E-state index in [9.17, 15) is 9.18 Å². The first-order chi connectivity index (χ1) is 9.24. The first-order valence-electron chi connectivity index (χ1n) is 6.46. The summed E-state index contributed by atoms with van der Waals surface area (Å²) in [6, 6.07) is 6.30. The highest BCUT2D eigenvalue weighted by Crippen LogP contribution is 2.29. The molecule has 1 saturated carbocycles. The molecule has 0 radical (unpaired) electrons. The standard InChI is InChI=1S/C15H15FN2O/c16-12-3-1-2-10(9-12)8-11-4-5-13(14(11)19)15-17-6-7-18-15/h1-3,8-9,17-18H,4-7H2/b11-8+. The van der Waals surface area contributed by atoms with Gasteiger partial charge in [0.05, 0.1) is 0 Å². The highest BCUT2D eigenvalue weighted by atomic mass is 19.1. The Morgan fingerprint density at radius 3 is 2.68 bits per heavy atom. The molecule has 1 aliphatic carbocycles. The van der Waals surface area contributed by atoms with Crippen LogP contribution in [0.3, 0.4) is 0 Å². The Morgan fingerprint density at radius 1 is 1.16 bits per heavy atom. The maximum atomic E-state index is 13.1. The Bertz CT molecular complexity index is 582. The monoisotopic (exact) mass is 258 g/mol. The number of carbonyl (C=O) groups is 1. The molecule has 3 nitrogen and oxygen atoms in total. The molecule has 0 unspecified atom stereocenters. The number of rotatable bonds is 1. The summed E-state index contributed by atoms with van der Waals surface area (Å²) in [6.45, 7) is 1.71. The van der Waals surface area contributed by atoms with Crippen molar-refractivity contribution in [3.05, 3.63) is 52.6 Å². The van der Waals surface area contributed by atoms with E-state index in [2.05, 4.69) is 10.6 Å². The fourth-order valence-corrected chi connectivity index (χ4v) is 2.51. The summed E-state index contributed by atoms with van der Waals surface area (Å²) >= 11 is 0. The maximum Gasteiger partial charge on any atom is 0.188 e. The molecule has 0 atom stereocenters. The molecule has 3 rings (SSSR count). The molecule has 2 N–H and O–H groups in total. The minimum Gasteiger partial charge on any atom is -0.370 e. The van der Waals surface area contributed by atoms with Crippen molar-refractivity contribution in [2.75, 3.05) is 13.1 Å². The minimum atomic E-state index is -0.280. The third-order valence-corrected chi connectivity index (χ3v) is 3.43. The van der Waals surface area contributed by atoms with E-state index in [0.29, 0.717) is 0 Å². The fraction of sp³-hybridized carbons (Fsp3) is 0.267. The highest BCUT2D eigenvalue weighted by molar-refractivity contribution is 6.13. The van der Waals surface area contributed by atoms with Gasteiger partial charge in [-0.3, -0.25) is 4.79 Å². The SMILES string of the molecule is O=C1C(=C2NCCN2)CC/C1=C\c1cccc(F)c1. The number of benzene rings is 1. The number of nitrogens with one attached hydrogen (secondary N) is 2. The van der Waals surface area contributed by atoms with E-state index < -0.39 is 0 Å². The van der Waals surface area contributed by atoms with Crippen LogP contribution in [0.5, 0.6) is 0 Å². The summed E-state index contributed by atoms with van der Waals surface area (Å²) in [5, 5.41) is 6.37. The van der Waals surface area contributed by atoms with E-state index in [1.54, 1.807) is 18.2 Å². The predicted molar refractivity (Wildman–Crippen MR) is 71.6 cm³/mol. The number of Topliss-reactive ketones (excluding diaryl/α,β-unsaturated/α-hetero) is 1. The number of allylic oxidation sites excluding steroid dienone is 2. The second-order valence-electron chi connectivity index (χ2n) is 4.76. The van der Waals surface area contributed by atoms with Crippen molar-refractivity contribution < 1.29 is 9.18 Å². The van der Waals surface area contributed by atoms with Crippen molar-refractivity contribution >= 4 is 11.9 Å². The Labute approximate surface area is 111 Å². The topological polar surface area (TPSA) is 41.1 Å². The predicted octanol–water partition coefficient (Wildman–Crippen LogP) is 1.98. The van der Waals surface area contributed by atoms with Crippen LogP contribution < -0.4 is 10.6 Å². The van der Waals surface area contributed by atoms with E-state index in [-0.39, 0.29) is 11.6 Å². The number of carbonyl (C=O) groups excluding carboxylic acids is 1. The van der Waals surface area contributed by atoms with Crippen LogP contribution in [0.1, 0.15) is 18.4 Å². The molecule has 2 fully saturated rings. The van der Waals surface area contributed by atoms with Crippen LogP contribution in [-0.2, 0) is 4.79 Å². The molecule has 2 aliphatic rings. The number of hydrogen-bond donors (Lipinski definition) is 2. The molecule has 4 heteroatoms. The third kappa shape index (κ3) is 2.38. The first kappa shape index (κ1) is 12.0. The maximum absolute atomic E-state index is 13.1. The lowest BCUT2D eigenvalue weighted by Crippen LogP contribution is -2.15. The van der Waals surface area contributed by atoms with Crippen LogP contribution in [0.4, 0.5) is 4.39 Å². The summed E-state index contributed by atoms with van der Waals surface area (Å²) in [5.41, 5.74) is 2.31. The average molecular weight is 258 g/mol. The van der Waals surface area contributed by atoms with Crippen molar-refractivity contribution in [1.82, 2.24) is 10.6 Å². The lowest BCUT2D eigenvalue weighted by atomic mass is 10.1. The van der Waals surface area contributed by atoms with E-state index >= 15 is 0 Å². The van der Waals surface area contributed by atoms with Gasteiger partial charge in [-0.05, 0) is 36.6 Å². The summed E-state index contributed by atoms with van der Waals surface area (Å²) in [6.07, 6.45) is 3.25. The van der Waals surface area contributed by atoms with E-state index in [0.717, 1.165) is 48.5 Å². The Morgan fingerprint density at radius 2 is 1.95 bits per heavy atom. The molecule has 0 aromatic heterocycles. The van der Waals surface area contributed by atoms with Crippen molar-refractivity contribution in [1.29, 1.82) is 0 Å². The van der Waals surface area contributed by atoms with E-state index in [1.165, 1.54) is 12.1 Å². The van der Waals surface area contributed by atoms with Gasteiger partial charge in [-0.1, -0.05) is 12.1 Å². The van der Waals surface area contributed by atoms with Crippen LogP contribution in [0.15, 0.2) is 41.2 Å². The molecule has 19 heavy (non-hydrogen) atoms. The van der Waals surface area contributed by atoms with Gasteiger partial charge in [-0.2, -0.15) is 0 Å². The normalized spacial score (nSPS) is 20.9. The molecule has 0 spiro atoms. The number of halogens is 1. The van der Waals surface area contributed by atoms with Crippen molar-refractivity contribution in [3.63, 3.8) is 0 Å². The molecule has 0 bridgehead atoms. The van der Waals surface area contributed by atoms with Gasteiger partial charge in [0.1, 0.15) is 11.6 Å². The number of ketones is 1. The molecular formula is C15H15FN2O. The average Bonchev–Trinajstić information content (AvgIpc) is 3.01. The number of hydrogen-bond acceptors (Lipinski definition) is 3. The van der Waals surface area contributed by atoms with Crippen LogP contribution in [0, 0.1) is 5.82 Å². The molecule has 1 aromatic rings. The smallest absolute Gasteiger partial charge is 0.188 e. The second kappa shape index (κ2) is 4.88. The van der Waals surface area contributed by atoms with Gasteiger partial charge >= 0.3 is 0 Å². The largest absolute Gasteiger partial charge is 0.370 e. The van der Waals surface area contributed by atoms with E-state index in [1.807, 2.05) is 0 Å². The zero-order valence-electron chi connectivity index (χ0n) is 10.5. The summed E-state index contributed by atoms with van der Waals surface area (Å²) in [7, 11) is 0. The molecule has 1 heterocycles. The van der Waals surface area contributed by atoms with Gasteiger partial charge in [-0.25, -0.2) is 4.39 Å². The first-order valence-corrected chi connectivity index (χ1v) is 6.46. The summed E-state index contributed by atoms with van der Waals surface area (Å²) < 4.78 is 13.1. The molecule has 0 amide bonds. The van der Waals surface area contributed by atoms with Gasteiger partial charge in [-0.15, -0.1) is 0 Å². The summed E-state index contributed by atoms with van der Waals surface area (Å²) in [4.78, 5) is 12.3. The lowest BCUT2D eigenvalue weighted by molar-refractivity contribution is -0.111. The van der Waals surface area contributed by atoms with Gasteiger partial charge in [0, 0.05) is 24.2 Å². The van der Waals surface area contributed by atoms with E-state index in [4.69, 9.17) is 0 Å². The van der Waals surface area contributed by atoms with Crippen LogP contribution in [0.2, 0.25) is 0 Å². The highest BCUT2D eigenvalue weighted by Gasteiger charge is 2.27. The van der Waals surface area contributed by atoms with Gasteiger partial charge < -0.3 is 10.6 Å². The Kier molecular flexibility index (Phi) is 3.07. The van der Waals surface area contributed by atoms with Crippen molar-refractivity contribution in [2.24, 2.45) is 0 Å². The second-order valence-corrected chi connectivity index (χ2v) is 4.76. The Hall–Kier alpha value is -2.10. The molecular weight excluding hydrogens is 243 g/mol. The van der Waals surface area contributed by atoms with Gasteiger partial charge in [0.25, 0.3) is 0 Å². The zero-order valence-corrected chi connectivity index (χ0v) is 10.5. The van der Waals surface area contributed by atoms with Crippen molar-refractivity contribution in [3.8, 4) is 0 Å². The quantitative estimate of drug-likeness (QED) is 0.757. The van der Waals surface area contributed by atoms with Crippen molar-refractivity contribution in [2.45, 2.75) is 12.8 Å². The molecule has 98 valence electrons. The molecule has 1 aliphatic heterocycles.